The van der Waals surface area contributed by atoms with Crippen LogP contribution in [0.2, 0.25) is 0 Å². The van der Waals surface area contributed by atoms with E-state index in [2.05, 4.69) is 22.5 Å². The largest absolute Gasteiger partial charge is 0.478 e. The molecule has 2 N–H and O–H groups in total. The number of pyridine rings is 1. The standard InChI is InChI=1S/C14H16N2O2/c17-14(18)11-8-9-4-3-7-12(9)16-13(11)15-10-5-1-2-6-10/h1-2,8,10H,3-7H2,(H,15,16)(H,17,18). The molecule has 0 amide bonds. The Hall–Kier alpha value is -1.84. The molecule has 0 aromatic carbocycles. The van der Waals surface area contributed by atoms with Crippen LogP contribution in [0.25, 0.3) is 0 Å². The number of fused-ring (bicyclic) bond motifs is 1. The van der Waals surface area contributed by atoms with Crippen molar-refractivity contribution in [2.24, 2.45) is 0 Å². The topological polar surface area (TPSA) is 62.2 Å². The van der Waals surface area contributed by atoms with Crippen LogP contribution in [0, 0.1) is 0 Å². The molecule has 4 nitrogen and oxygen atoms in total. The number of hydrogen-bond donors (Lipinski definition) is 2. The Balaban J connectivity index is 1.93. The first-order valence-corrected chi connectivity index (χ1v) is 6.41. The highest BCUT2D eigenvalue weighted by Crippen LogP contribution is 2.27. The highest BCUT2D eigenvalue weighted by atomic mass is 16.4. The molecule has 0 spiro atoms. The van der Waals surface area contributed by atoms with Crippen LogP contribution in [0.5, 0.6) is 0 Å². The van der Waals surface area contributed by atoms with Crippen molar-refractivity contribution in [1.29, 1.82) is 0 Å². The lowest BCUT2D eigenvalue weighted by Crippen LogP contribution is -2.19. The summed E-state index contributed by atoms with van der Waals surface area (Å²) in [7, 11) is 0. The quantitative estimate of drug-likeness (QED) is 0.801. The van der Waals surface area contributed by atoms with Gasteiger partial charge in [-0.15, -0.1) is 0 Å². The Morgan fingerprint density at radius 3 is 2.83 bits per heavy atom. The molecule has 0 atom stereocenters. The predicted octanol–water partition coefficient (Wildman–Crippen LogP) is 2.40. The van der Waals surface area contributed by atoms with E-state index < -0.39 is 5.97 Å². The van der Waals surface area contributed by atoms with E-state index in [-0.39, 0.29) is 6.04 Å². The van der Waals surface area contributed by atoms with Crippen molar-refractivity contribution in [1.82, 2.24) is 4.98 Å². The third kappa shape index (κ3) is 1.98. The second-order valence-corrected chi connectivity index (χ2v) is 4.93. The zero-order valence-corrected chi connectivity index (χ0v) is 10.1. The van der Waals surface area contributed by atoms with Crippen LogP contribution in [-0.2, 0) is 12.8 Å². The van der Waals surface area contributed by atoms with Gasteiger partial charge in [0.25, 0.3) is 0 Å². The maximum atomic E-state index is 11.3. The summed E-state index contributed by atoms with van der Waals surface area (Å²) < 4.78 is 0. The number of aryl methyl sites for hydroxylation is 2. The SMILES string of the molecule is O=C(O)c1cc2c(nc1NC1CC=CC1)CCC2. The molecular weight excluding hydrogens is 228 g/mol. The number of aromatic nitrogens is 1. The lowest BCUT2D eigenvalue weighted by atomic mass is 10.1. The Bertz CT molecular complexity index is 515. The summed E-state index contributed by atoms with van der Waals surface area (Å²) >= 11 is 0. The fourth-order valence-corrected chi connectivity index (χ4v) is 2.67. The molecule has 0 aliphatic heterocycles. The first-order chi connectivity index (χ1) is 8.74. The second-order valence-electron chi connectivity index (χ2n) is 4.93. The molecule has 0 fully saturated rings. The third-order valence-corrected chi connectivity index (χ3v) is 3.63. The maximum absolute atomic E-state index is 11.3. The normalized spacial score (nSPS) is 18.0. The van der Waals surface area contributed by atoms with Crippen molar-refractivity contribution in [3.63, 3.8) is 0 Å². The number of carboxylic acids is 1. The van der Waals surface area contributed by atoms with Crippen molar-refractivity contribution in [3.05, 3.63) is 35.0 Å². The number of carbonyl (C=O) groups is 1. The third-order valence-electron chi connectivity index (χ3n) is 3.63. The molecule has 18 heavy (non-hydrogen) atoms. The highest BCUT2D eigenvalue weighted by Gasteiger charge is 2.21. The van der Waals surface area contributed by atoms with Gasteiger partial charge in [0.15, 0.2) is 0 Å². The fraction of sp³-hybridized carbons (Fsp3) is 0.429. The summed E-state index contributed by atoms with van der Waals surface area (Å²) in [6.07, 6.45) is 9.11. The average Bonchev–Trinajstić information content (AvgIpc) is 2.97. The van der Waals surface area contributed by atoms with Crippen LogP contribution in [-0.4, -0.2) is 22.1 Å². The number of aromatic carboxylic acids is 1. The van der Waals surface area contributed by atoms with Crippen LogP contribution in [0.4, 0.5) is 5.82 Å². The van der Waals surface area contributed by atoms with E-state index in [1.165, 1.54) is 0 Å². The second kappa shape index (κ2) is 4.44. The predicted molar refractivity (Wildman–Crippen MR) is 69.0 cm³/mol. The zero-order chi connectivity index (χ0) is 12.5. The molecule has 0 radical (unpaired) electrons. The number of carboxylic acid groups (broad SMARTS) is 1. The minimum Gasteiger partial charge on any atom is -0.478 e. The molecule has 0 saturated heterocycles. The molecule has 1 aromatic rings. The number of hydrogen-bond acceptors (Lipinski definition) is 3. The molecular formula is C14H16N2O2. The van der Waals surface area contributed by atoms with Gasteiger partial charge in [0.05, 0.1) is 0 Å². The number of nitrogens with one attached hydrogen (secondary N) is 1. The van der Waals surface area contributed by atoms with Crippen LogP contribution in [0.3, 0.4) is 0 Å². The number of rotatable bonds is 3. The smallest absolute Gasteiger partial charge is 0.339 e. The first-order valence-electron chi connectivity index (χ1n) is 6.41. The molecule has 4 heteroatoms. The van der Waals surface area contributed by atoms with E-state index in [1.54, 1.807) is 6.07 Å². The van der Waals surface area contributed by atoms with Crippen molar-refractivity contribution in [3.8, 4) is 0 Å². The van der Waals surface area contributed by atoms with E-state index in [1.807, 2.05) is 0 Å². The fourth-order valence-electron chi connectivity index (χ4n) is 2.67. The van der Waals surface area contributed by atoms with E-state index in [9.17, 15) is 9.90 Å². The van der Waals surface area contributed by atoms with Gasteiger partial charge in [0, 0.05) is 11.7 Å². The van der Waals surface area contributed by atoms with Gasteiger partial charge in [0.2, 0.25) is 0 Å². The first kappa shape index (κ1) is 11.3. The van der Waals surface area contributed by atoms with Gasteiger partial charge in [-0.1, -0.05) is 12.2 Å². The van der Waals surface area contributed by atoms with E-state index in [0.717, 1.165) is 43.4 Å². The molecule has 0 bridgehead atoms. The summed E-state index contributed by atoms with van der Waals surface area (Å²) in [6.45, 7) is 0. The molecule has 0 saturated carbocycles. The van der Waals surface area contributed by atoms with Crippen molar-refractivity contribution >= 4 is 11.8 Å². The minimum atomic E-state index is -0.898. The van der Waals surface area contributed by atoms with Gasteiger partial charge in [-0.2, -0.15) is 0 Å². The van der Waals surface area contributed by atoms with Gasteiger partial charge >= 0.3 is 5.97 Å². The highest BCUT2D eigenvalue weighted by molar-refractivity contribution is 5.93. The van der Waals surface area contributed by atoms with Crippen molar-refractivity contribution in [2.45, 2.75) is 38.1 Å². The number of nitrogens with zero attached hydrogens (tertiary/aromatic N) is 1. The Morgan fingerprint density at radius 1 is 1.33 bits per heavy atom. The average molecular weight is 244 g/mol. The zero-order valence-electron chi connectivity index (χ0n) is 10.1. The summed E-state index contributed by atoms with van der Waals surface area (Å²) in [6, 6.07) is 2.08. The molecule has 2 aliphatic rings. The molecule has 1 aromatic heterocycles. The van der Waals surface area contributed by atoms with Gasteiger partial charge in [-0.05, 0) is 43.7 Å². The maximum Gasteiger partial charge on any atom is 0.339 e. The van der Waals surface area contributed by atoms with Crippen molar-refractivity contribution in [2.75, 3.05) is 5.32 Å². The summed E-state index contributed by atoms with van der Waals surface area (Å²) in [5, 5.41) is 12.5. The summed E-state index contributed by atoms with van der Waals surface area (Å²) in [4.78, 5) is 15.8. The van der Waals surface area contributed by atoms with E-state index in [0.29, 0.717) is 11.4 Å². The molecule has 94 valence electrons. The van der Waals surface area contributed by atoms with Crippen LogP contribution >= 0.6 is 0 Å². The van der Waals surface area contributed by atoms with Crippen molar-refractivity contribution < 1.29 is 9.90 Å². The lowest BCUT2D eigenvalue weighted by molar-refractivity contribution is 0.0697. The van der Waals surface area contributed by atoms with E-state index in [4.69, 9.17) is 0 Å². The number of anilines is 1. The molecule has 0 unspecified atom stereocenters. The van der Waals surface area contributed by atoms with Gasteiger partial charge in [0.1, 0.15) is 11.4 Å². The Labute approximate surface area is 106 Å². The monoisotopic (exact) mass is 244 g/mol. The summed E-state index contributed by atoms with van der Waals surface area (Å²) in [5.74, 6) is -0.359. The van der Waals surface area contributed by atoms with Crippen LogP contribution in [0.15, 0.2) is 18.2 Å². The van der Waals surface area contributed by atoms with Crippen LogP contribution in [0.1, 0.15) is 40.9 Å². The Morgan fingerprint density at radius 2 is 2.11 bits per heavy atom. The Kier molecular flexibility index (Phi) is 2.78. The lowest BCUT2D eigenvalue weighted by Gasteiger charge is -2.16. The molecule has 1 heterocycles. The van der Waals surface area contributed by atoms with Gasteiger partial charge in [-0.3, -0.25) is 0 Å². The molecule has 2 aliphatic carbocycles. The van der Waals surface area contributed by atoms with E-state index >= 15 is 0 Å². The minimum absolute atomic E-state index is 0.287. The summed E-state index contributed by atoms with van der Waals surface area (Å²) in [5.41, 5.74) is 2.47. The van der Waals surface area contributed by atoms with Gasteiger partial charge in [-0.25, -0.2) is 9.78 Å². The molecule has 3 rings (SSSR count). The van der Waals surface area contributed by atoms with Crippen LogP contribution < -0.4 is 5.32 Å². The van der Waals surface area contributed by atoms with Gasteiger partial charge < -0.3 is 10.4 Å².